The van der Waals surface area contributed by atoms with Crippen molar-refractivity contribution in [2.24, 2.45) is 11.8 Å². The lowest BCUT2D eigenvalue weighted by Crippen LogP contribution is -2.41. The number of carbonyl (C=O) groups excluding carboxylic acids is 2. The third kappa shape index (κ3) is 3.45. The van der Waals surface area contributed by atoms with Gasteiger partial charge in [0.15, 0.2) is 0 Å². The molecule has 4 rings (SSSR count). The molecule has 1 N–H and O–H groups in total. The summed E-state index contributed by atoms with van der Waals surface area (Å²) in [5, 5.41) is 7.14. The minimum Gasteiger partial charge on any atom is -0.381 e. The molecule has 26 heavy (non-hydrogen) atoms. The highest BCUT2D eigenvalue weighted by molar-refractivity contribution is 5.93. The van der Waals surface area contributed by atoms with Crippen LogP contribution in [0.25, 0.3) is 0 Å². The van der Waals surface area contributed by atoms with Gasteiger partial charge in [0, 0.05) is 18.8 Å². The lowest BCUT2D eigenvalue weighted by Gasteiger charge is -2.25. The van der Waals surface area contributed by atoms with Crippen molar-refractivity contribution in [1.82, 2.24) is 19.7 Å². The van der Waals surface area contributed by atoms with Crippen molar-refractivity contribution < 1.29 is 14.3 Å². The summed E-state index contributed by atoms with van der Waals surface area (Å²) in [5.41, 5.74) is 0.739. The molecule has 1 aromatic heterocycles. The maximum Gasteiger partial charge on any atom is 0.231 e. The zero-order valence-electron chi connectivity index (χ0n) is 14.4. The summed E-state index contributed by atoms with van der Waals surface area (Å²) < 4.78 is 7.06. The number of aromatic nitrogens is 3. The minimum atomic E-state index is -0.399. The molecule has 2 atom stereocenters. The lowest BCUT2D eigenvalue weighted by molar-refractivity contribution is -0.137. The van der Waals surface area contributed by atoms with Crippen molar-refractivity contribution in [1.29, 1.82) is 0 Å². The molecule has 0 aliphatic carbocycles. The predicted molar refractivity (Wildman–Crippen MR) is 92.9 cm³/mol. The molecule has 2 aliphatic heterocycles. The highest BCUT2D eigenvalue weighted by Gasteiger charge is 2.34. The number of hydrogen-bond acceptors (Lipinski definition) is 5. The number of nitrogens with one attached hydrogen (secondary N) is 1. The van der Waals surface area contributed by atoms with Gasteiger partial charge in [0.2, 0.25) is 11.8 Å². The Balaban J connectivity index is 1.54. The highest BCUT2D eigenvalue weighted by atomic mass is 16.5. The number of fused-ring (bicyclic) bond motifs is 1. The Labute approximate surface area is 151 Å². The van der Waals surface area contributed by atoms with E-state index in [0.717, 1.165) is 12.1 Å². The molecule has 0 radical (unpaired) electrons. The molecule has 8 nitrogen and oxygen atoms in total. The minimum absolute atomic E-state index is 0.0245. The third-order valence-electron chi connectivity index (χ3n) is 4.86. The number of anilines is 1. The molecule has 0 spiro atoms. The van der Waals surface area contributed by atoms with Crippen molar-refractivity contribution in [2.75, 3.05) is 25.1 Å². The number of hydrogen-bond donors (Lipinski definition) is 1. The lowest BCUT2D eigenvalue weighted by atomic mass is 10.0. The van der Waals surface area contributed by atoms with E-state index in [4.69, 9.17) is 4.74 Å². The molecular weight excluding hydrogens is 334 g/mol. The van der Waals surface area contributed by atoms with Gasteiger partial charge in [0.1, 0.15) is 12.2 Å². The molecular formula is C18H21N5O3. The maximum atomic E-state index is 12.9. The van der Waals surface area contributed by atoms with Crippen LogP contribution in [0.4, 0.5) is 5.69 Å². The van der Waals surface area contributed by atoms with Crippen LogP contribution >= 0.6 is 0 Å². The standard InChI is InChI=1S/C18H21N5O3/c24-17(21-15-4-2-1-3-5-15)14-8-22(18(25)13-6-7-26-11-13)10-16-19-12-20-23(16)9-14/h1-5,12-14H,6-11H2,(H,21,24). The fraction of sp³-hybridized carbons (Fsp3) is 0.444. The first kappa shape index (κ1) is 16.7. The van der Waals surface area contributed by atoms with Gasteiger partial charge < -0.3 is 15.0 Å². The van der Waals surface area contributed by atoms with Gasteiger partial charge in [-0.1, -0.05) is 18.2 Å². The van der Waals surface area contributed by atoms with E-state index in [1.54, 1.807) is 9.58 Å². The second-order valence-corrected chi connectivity index (χ2v) is 6.69. The quantitative estimate of drug-likeness (QED) is 0.884. The topological polar surface area (TPSA) is 89.3 Å². The zero-order valence-corrected chi connectivity index (χ0v) is 14.4. The van der Waals surface area contributed by atoms with Gasteiger partial charge in [0.05, 0.1) is 31.5 Å². The van der Waals surface area contributed by atoms with E-state index in [-0.39, 0.29) is 17.7 Å². The van der Waals surface area contributed by atoms with Crippen LogP contribution in [0.1, 0.15) is 12.2 Å². The van der Waals surface area contributed by atoms with Crippen molar-refractivity contribution >= 4 is 17.5 Å². The first-order valence-electron chi connectivity index (χ1n) is 8.80. The number of nitrogens with zero attached hydrogens (tertiary/aromatic N) is 4. The molecule has 0 bridgehead atoms. The number of carbonyl (C=O) groups is 2. The van der Waals surface area contributed by atoms with Crippen LogP contribution < -0.4 is 5.32 Å². The number of benzene rings is 1. The molecule has 1 fully saturated rings. The molecule has 1 saturated heterocycles. The van der Waals surface area contributed by atoms with E-state index in [9.17, 15) is 9.59 Å². The Bertz CT molecular complexity index is 785. The SMILES string of the molecule is O=C(Nc1ccccc1)C1CN(C(=O)C2CCOC2)Cc2ncnn2C1. The molecule has 3 heterocycles. The van der Waals surface area contributed by atoms with E-state index >= 15 is 0 Å². The fourth-order valence-electron chi connectivity index (χ4n) is 3.42. The van der Waals surface area contributed by atoms with Gasteiger partial charge in [-0.15, -0.1) is 0 Å². The smallest absolute Gasteiger partial charge is 0.231 e. The summed E-state index contributed by atoms with van der Waals surface area (Å²) in [7, 11) is 0. The van der Waals surface area contributed by atoms with Crippen LogP contribution in [0.3, 0.4) is 0 Å². The van der Waals surface area contributed by atoms with Crippen molar-refractivity contribution in [3.63, 3.8) is 0 Å². The number of para-hydroxylation sites is 1. The van der Waals surface area contributed by atoms with Gasteiger partial charge in [-0.25, -0.2) is 9.67 Å². The second-order valence-electron chi connectivity index (χ2n) is 6.69. The molecule has 2 aromatic rings. The fourth-order valence-corrected chi connectivity index (χ4v) is 3.42. The monoisotopic (exact) mass is 355 g/mol. The predicted octanol–water partition coefficient (Wildman–Crippen LogP) is 0.912. The Hall–Kier alpha value is -2.74. The largest absolute Gasteiger partial charge is 0.381 e. The molecule has 0 saturated carbocycles. The summed E-state index contributed by atoms with van der Waals surface area (Å²) in [6.45, 7) is 2.17. The van der Waals surface area contributed by atoms with Gasteiger partial charge in [-0.2, -0.15) is 5.10 Å². The van der Waals surface area contributed by atoms with Crippen LogP contribution in [0, 0.1) is 11.8 Å². The highest BCUT2D eigenvalue weighted by Crippen LogP contribution is 2.21. The van der Waals surface area contributed by atoms with E-state index in [1.165, 1.54) is 6.33 Å². The Morgan fingerprint density at radius 2 is 2.00 bits per heavy atom. The first-order chi connectivity index (χ1) is 12.7. The molecule has 1 aromatic carbocycles. The van der Waals surface area contributed by atoms with E-state index in [1.807, 2.05) is 30.3 Å². The van der Waals surface area contributed by atoms with Crippen LogP contribution in [0.5, 0.6) is 0 Å². The number of ether oxygens (including phenoxy) is 1. The molecule has 136 valence electrons. The Morgan fingerprint density at radius 1 is 1.15 bits per heavy atom. The van der Waals surface area contributed by atoms with Gasteiger partial charge in [-0.3, -0.25) is 9.59 Å². The number of rotatable bonds is 3. The second kappa shape index (κ2) is 7.25. The van der Waals surface area contributed by atoms with Crippen molar-refractivity contribution in [3.05, 3.63) is 42.5 Å². The summed E-state index contributed by atoms with van der Waals surface area (Å²) in [5.74, 6) is 0.0653. The normalized spacial score (nSPS) is 22.5. The maximum absolute atomic E-state index is 12.9. The van der Waals surface area contributed by atoms with E-state index < -0.39 is 5.92 Å². The average molecular weight is 355 g/mol. The van der Waals surface area contributed by atoms with Crippen LogP contribution in [-0.4, -0.2) is 51.2 Å². The van der Waals surface area contributed by atoms with Crippen LogP contribution in [-0.2, 0) is 27.4 Å². The van der Waals surface area contributed by atoms with Crippen molar-refractivity contribution in [3.8, 4) is 0 Å². The summed E-state index contributed by atoms with van der Waals surface area (Å²) in [6, 6.07) is 9.32. The van der Waals surface area contributed by atoms with Crippen molar-refractivity contribution in [2.45, 2.75) is 19.5 Å². The zero-order chi connectivity index (χ0) is 17.9. The van der Waals surface area contributed by atoms with Crippen LogP contribution in [0.2, 0.25) is 0 Å². The molecule has 2 aliphatic rings. The molecule has 8 heteroatoms. The van der Waals surface area contributed by atoms with E-state index in [2.05, 4.69) is 15.4 Å². The average Bonchev–Trinajstić information content (AvgIpc) is 3.30. The summed E-state index contributed by atoms with van der Waals surface area (Å²) >= 11 is 0. The molecule has 2 unspecified atom stereocenters. The van der Waals surface area contributed by atoms with Gasteiger partial charge in [0.25, 0.3) is 0 Å². The Morgan fingerprint density at radius 3 is 2.77 bits per heavy atom. The summed E-state index contributed by atoms with van der Waals surface area (Å²) in [6.07, 6.45) is 2.19. The van der Waals surface area contributed by atoms with Gasteiger partial charge in [-0.05, 0) is 18.6 Å². The van der Waals surface area contributed by atoms with Crippen LogP contribution in [0.15, 0.2) is 36.7 Å². The third-order valence-corrected chi connectivity index (χ3v) is 4.86. The first-order valence-corrected chi connectivity index (χ1v) is 8.80. The van der Waals surface area contributed by atoms with E-state index in [0.29, 0.717) is 38.7 Å². The molecule has 2 amide bonds. The summed E-state index contributed by atoms with van der Waals surface area (Å²) in [4.78, 5) is 31.6. The van der Waals surface area contributed by atoms with Gasteiger partial charge >= 0.3 is 0 Å². The number of amides is 2. The Kier molecular flexibility index (Phi) is 4.66.